The monoisotopic (exact) mass is 411 g/mol. The summed E-state index contributed by atoms with van der Waals surface area (Å²) < 4.78 is 13.0. The van der Waals surface area contributed by atoms with Crippen LogP contribution in [0, 0.1) is 18.7 Å². The van der Waals surface area contributed by atoms with E-state index in [1.165, 1.54) is 23.5 Å². The molecule has 0 bridgehead atoms. The molecule has 7 heteroatoms. The summed E-state index contributed by atoms with van der Waals surface area (Å²) in [7, 11) is 0. The highest BCUT2D eigenvalue weighted by molar-refractivity contribution is 7.14. The predicted octanol–water partition coefficient (Wildman–Crippen LogP) is 5.03. The molecule has 2 N–H and O–H groups in total. The molecule has 0 unspecified atom stereocenters. The summed E-state index contributed by atoms with van der Waals surface area (Å²) in [6.45, 7) is 5.45. The van der Waals surface area contributed by atoms with Gasteiger partial charge >= 0.3 is 0 Å². The molecule has 0 fully saturated rings. The van der Waals surface area contributed by atoms with E-state index in [1.807, 2.05) is 13.8 Å². The van der Waals surface area contributed by atoms with E-state index in [4.69, 9.17) is 0 Å². The molecule has 0 aliphatic carbocycles. The largest absolute Gasteiger partial charge is 0.326 e. The zero-order valence-corrected chi connectivity index (χ0v) is 17.3. The van der Waals surface area contributed by atoms with Gasteiger partial charge in [0.1, 0.15) is 10.7 Å². The summed E-state index contributed by atoms with van der Waals surface area (Å²) in [4.78, 5) is 29.4. The molecular weight excluding hydrogens is 389 g/mol. The van der Waals surface area contributed by atoms with Crippen LogP contribution in [-0.4, -0.2) is 16.8 Å². The van der Waals surface area contributed by atoms with Crippen molar-refractivity contribution < 1.29 is 14.0 Å². The van der Waals surface area contributed by atoms with Gasteiger partial charge in [-0.2, -0.15) is 0 Å². The van der Waals surface area contributed by atoms with Crippen molar-refractivity contribution >= 4 is 34.5 Å². The molecule has 2 amide bonds. The third-order valence-corrected chi connectivity index (χ3v) is 5.41. The fourth-order valence-corrected chi connectivity index (χ4v) is 3.62. The van der Waals surface area contributed by atoms with Crippen LogP contribution in [0.2, 0.25) is 0 Å². The van der Waals surface area contributed by atoms with E-state index in [1.54, 1.807) is 43.3 Å². The average Bonchev–Trinajstić information content (AvgIpc) is 3.05. The lowest BCUT2D eigenvalue weighted by Crippen LogP contribution is -2.17. The molecule has 0 aliphatic heterocycles. The van der Waals surface area contributed by atoms with Gasteiger partial charge in [-0.25, -0.2) is 9.37 Å². The first-order valence-electron chi connectivity index (χ1n) is 9.25. The van der Waals surface area contributed by atoms with Crippen molar-refractivity contribution in [1.29, 1.82) is 0 Å². The second-order valence-electron chi connectivity index (χ2n) is 7.00. The maximum atomic E-state index is 13.0. The minimum atomic E-state index is -0.279. The van der Waals surface area contributed by atoms with Crippen molar-refractivity contribution in [3.8, 4) is 0 Å². The number of aryl methyl sites for hydroxylation is 1. The Morgan fingerprint density at radius 3 is 2.17 bits per heavy atom. The molecule has 29 heavy (non-hydrogen) atoms. The molecule has 0 aliphatic rings. The summed E-state index contributed by atoms with van der Waals surface area (Å²) in [6.07, 6.45) is 0.545. The Kier molecular flexibility index (Phi) is 6.39. The molecule has 5 nitrogen and oxygen atoms in total. The highest BCUT2D eigenvalue weighted by Crippen LogP contribution is 2.23. The van der Waals surface area contributed by atoms with Gasteiger partial charge in [-0.1, -0.05) is 26.0 Å². The van der Waals surface area contributed by atoms with E-state index in [0.29, 0.717) is 28.4 Å². The Morgan fingerprint density at radius 1 is 1.00 bits per heavy atom. The fraction of sp³-hybridized carbons (Fsp3) is 0.227. The number of halogens is 1. The Bertz CT molecular complexity index is 1010. The summed E-state index contributed by atoms with van der Waals surface area (Å²) in [5.74, 6) is -0.674. The molecule has 1 aromatic heterocycles. The molecule has 1 heterocycles. The van der Waals surface area contributed by atoms with Gasteiger partial charge in [0.15, 0.2) is 0 Å². The number of nitrogens with one attached hydrogen (secondary N) is 2. The average molecular weight is 412 g/mol. The molecule has 3 aromatic rings. The van der Waals surface area contributed by atoms with Crippen molar-refractivity contribution in [2.24, 2.45) is 5.92 Å². The van der Waals surface area contributed by atoms with E-state index in [9.17, 15) is 14.0 Å². The summed E-state index contributed by atoms with van der Waals surface area (Å²) in [6, 6.07) is 13.2. The lowest BCUT2D eigenvalue weighted by Gasteiger charge is -2.09. The van der Waals surface area contributed by atoms with Crippen molar-refractivity contribution in [3.05, 3.63) is 75.5 Å². The van der Waals surface area contributed by atoms with Crippen LogP contribution >= 0.6 is 11.3 Å². The van der Waals surface area contributed by atoms with Gasteiger partial charge < -0.3 is 10.6 Å². The summed E-state index contributed by atoms with van der Waals surface area (Å²) in [5, 5.41) is 6.46. The van der Waals surface area contributed by atoms with Crippen LogP contribution < -0.4 is 10.6 Å². The van der Waals surface area contributed by atoms with Crippen LogP contribution in [0.5, 0.6) is 0 Å². The van der Waals surface area contributed by atoms with E-state index >= 15 is 0 Å². The number of hydrogen-bond donors (Lipinski definition) is 2. The van der Waals surface area contributed by atoms with Crippen LogP contribution in [0.15, 0.2) is 48.5 Å². The molecule has 0 spiro atoms. The van der Waals surface area contributed by atoms with Gasteiger partial charge in [0.05, 0.1) is 10.7 Å². The number of amides is 2. The number of hydrogen-bond acceptors (Lipinski definition) is 4. The van der Waals surface area contributed by atoms with Crippen LogP contribution in [0.1, 0.15) is 39.8 Å². The number of carbonyl (C=O) groups is 2. The quantitative estimate of drug-likeness (QED) is 0.598. The standard InChI is InChI=1S/C22H22FN3O2S/c1-13(2)21(27)25-17-8-10-18(11-9-17)26-22(28)20-14(3)24-19(29-20)12-15-4-6-16(23)7-5-15/h4-11,13H,12H2,1-3H3,(H,25,27)(H,26,28). The van der Waals surface area contributed by atoms with Gasteiger partial charge in [0.25, 0.3) is 5.91 Å². The maximum absolute atomic E-state index is 13.0. The molecule has 0 saturated carbocycles. The highest BCUT2D eigenvalue weighted by atomic mass is 32.1. The van der Waals surface area contributed by atoms with Crippen molar-refractivity contribution in [2.75, 3.05) is 10.6 Å². The number of carbonyl (C=O) groups excluding carboxylic acids is 2. The Labute approximate surface area is 173 Å². The van der Waals surface area contributed by atoms with Crippen LogP contribution in [0.25, 0.3) is 0 Å². The van der Waals surface area contributed by atoms with E-state index in [-0.39, 0.29) is 23.5 Å². The zero-order chi connectivity index (χ0) is 21.0. The zero-order valence-electron chi connectivity index (χ0n) is 16.5. The topological polar surface area (TPSA) is 71.1 Å². The summed E-state index contributed by atoms with van der Waals surface area (Å²) >= 11 is 1.33. The number of aromatic nitrogens is 1. The van der Waals surface area contributed by atoms with Gasteiger partial charge in [0.2, 0.25) is 5.91 Å². The molecule has 0 atom stereocenters. The second kappa shape index (κ2) is 8.96. The minimum Gasteiger partial charge on any atom is -0.326 e. The smallest absolute Gasteiger partial charge is 0.267 e. The van der Waals surface area contributed by atoms with Gasteiger partial charge in [-0.15, -0.1) is 11.3 Å². The number of benzene rings is 2. The molecule has 0 saturated heterocycles. The first-order chi connectivity index (χ1) is 13.8. The van der Waals surface area contributed by atoms with E-state index < -0.39 is 0 Å². The van der Waals surface area contributed by atoms with Gasteiger partial charge in [-0.3, -0.25) is 9.59 Å². The SMILES string of the molecule is Cc1nc(Cc2ccc(F)cc2)sc1C(=O)Nc1ccc(NC(=O)C(C)C)cc1. The normalized spacial score (nSPS) is 10.8. The van der Waals surface area contributed by atoms with Gasteiger partial charge in [0, 0.05) is 23.7 Å². The van der Waals surface area contributed by atoms with Crippen molar-refractivity contribution in [1.82, 2.24) is 4.98 Å². The van der Waals surface area contributed by atoms with Crippen LogP contribution in [0.4, 0.5) is 15.8 Å². The first kappa shape index (κ1) is 20.7. The number of thiazole rings is 1. The highest BCUT2D eigenvalue weighted by Gasteiger charge is 2.16. The van der Waals surface area contributed by atoms with Crippen molar-refractivity contribution in [2.45, 2.75) is 27.2 Å². The van der Waals surface area contributed by atoms with Crippen LogP contribution in [-0.2, 0) is 11.2 Å². The molecule has 2 aromatic carbocycles. The Morgan fingerprint density at radius 2 is 1.59 bits per heavy atom. The van der Waals surface area contributed by atoms with Crippen molar-refractivity contribution in [3.63, 3.8) is 0 Å². The molecule has 0 radical (unpaired) electrons. The number of rotatable bonds is 6. The lowest BCUT2D eigenvalue weighted by atomic mass is 10.1. The molecule has 3 rings (SSSR count). The maximum Gasteiger partial charge on any atom is 0.267 e. The Balaban J connectivity index is 1.65. The summed E-state index contributed by atoms with van der Waals surface area (Å²) in [5.41, 5.74) is 2.90. The third kappa shape index (κ3) is 5.48. The molecule has 150 valence electrons. The minimum absolute atomic E-state index is 0.0595. The fourth-order valence-electron chi connectivity index (χ4n) is 2.63. The van der Waals surface area contributed by atoms with Crippen LogP contribution in [0.3, 0.4) is 0 Å². The predicted molar refractivity (Wildman–Crippen MR) is 114 cm³/mol. The lowest BCUT2D eigenvalue weighted by molar-refractivity contribution is -0.118. The Hall–Kier alpha value is -3.06. The number of nitrogens with zero attached hydrogens (tertiary/aromatic N) is 1. The molecular formula is C22H22FN3O2S. The first-order valence-corrected chi connectivity index (χ1v) is 10.1. The van der Waals surface area contributed by atoms with E-state index in [2.05, 4.69) is 15.6 Å². The second-order valence-corrected chi connectivity index (χ2v) is 8.08. The van der Waals surface area contributed by atoms with Gasteiger partial charge in [-0.05, 0) is 48.9 Å². The van der Waals surface area contributed by atoms with E-state index in [0.717, 1.165) is 10.6 Å². The third-order valence-electron chi connectivity index (χ3n) is 4.25. The number of anilines is 2.